The van der Waals surface area contributed by atoms with Crippen LogP contribution in [0.25, 0.3) is 21.3 Å². The fraction of sp³-hybridized carbons (Fsp3) is 0.160. The van der Waals surface area contributed by atoms with E-state index < -0.39 is 5.91 Å². The zero-order valence-electron chi connectivity index (χ0n) is 19.9. The van der Waals surface area contributed by atoms with E-state index in [0.717, 1.165) is 16.7 Å². The Morgan fingerprint density at radius 3 is 2.82 bits per heavy atom. The summed E-state index contributed by atoms with van der Waals surface area (Å²) < 4.78 is 13.0. The van der Waals surface area contributed by atoms with Gasteiger partial charge in [0.2, 0.25) is 5.82 Å². The van der Waals surface area contributed by atoms with E-state index >= 15 is 0 Å². The van der Waals surface area contributed by atoms with Gasteiger partial charge in [0, 0.05) is 16.0 Å². The molecule has 3 aromatic heterocycles. The number of nitrogens with one attached hydrogen (secondary N) is 2. The first kappa shape index (κ1) is 26.3. The summed E-state index contributed by atoms with van der Waals surface area (Å²) >= 11 is 7.97. The number of halogens is 1. The van der Waals surface area contributed by atoms with E-state index in [1.807, 2.05) is 41.8 Å². The summed E-state index contributed by atoms with van der Waals surface area (Å²) in [7, 11) is 0. The SMILES string of the molecule is O=C(NCc1cccc(OCCCOc2nc[n]([Tl])n2)c1)c1nc2scc(-c3cccc(Cl)c3)c2c(=O)[nH]1. The van der Waals surface area contributed by atoms with E-state index in [1.54, 1.807) is 21.0 Å². The van der Waals surface area contributed by atoms with Gasteiger partial charge in [-0.05, 0) is 17.7 Å². The Morgan fingerprint density at radius 1 is 1.16 bits per heavy atom. The first-order valence-corrected chi connectivity index (χ1v) is 14.8. The number of hydrogen-bond acceptors (Lipinski definition) is 8. The minimum absolute atomic E-state index is 0.0420. The van der Waals surface area contributed by atoms with Gasteiger partial charge >= 0.3 is 122 Å². The molecule has 3 heterocycles. The summed E-state index contributed by atoms with van der Waals surface area (Å²) in [4.78, 5) is 37.2. The number of benzene rings is 2. The number of thiophene rings is 1. The third kappa shape index (κ3) is 6.39. The van der Waals surface area contributed by atoms with Gasteiger partial charge in [-0.2, -0.15) is 0 Å². The molecule has 0 aliphatic carbocycles. The van der Waals surface area contributed by atoms with E-state index in [9.17, 15) is 9.59 Å². The molecule has 5 aromatic rings. The summed E-state index contributed by atoms with van der Waals surface area (Å²) in [6.45, 7) is 1.15. The number of nitrogens with zero attached hydrogens (tertiary/aromatic N) is 4. The molecule has 2 aromatic carbocycles. The number of amides is 1. The van der Waals surface area contributed by atoms with Crippen LogP contribution in [0.1, 0.15) is 22.6 Å². The van der Waals surface area contributed by atoms with Crippen LogP contribution >= 0.6 is 22.9 Å². The van der Waals surface area contributed by atoms with Crippen molar-refractivity contribution in [3.63, 3.8) is 0 Å². The van der Waals surface area contributed by atoms with Gasteiger partial charge in [0.05, 0.1) is 5.39 Å². The third-order valence-corrected chi connectivity index (χ3v) is 7.50. The first-order chi connectivity index (χ1) is 18.5. The third-order valence-electron chi connectivity index (χ3n) is 5.42. The van der Waals surface area contributed by atoms with Crippen molar-refractivity contribution in [2.75, 3.05) is 13.2 Å². The average Bonchev–Trinajstić information content (AvgIpc) is 3.53. The monoisotopic (exact) mass is 740 g/mol. The zero-order valence-corrected chi connectivity index (χ0v) is 25.9. The molecule has 0 spiro atoms. The number of fused-ring (bicyclic) bond motifs is 1. The van der Waals surface area contributed by atoms with Crippen LogP contribution in [0, 0.1) is 0 Å². The Bertz CT molecular complexity index is 1650. The number of carbonyl (C=O) groups is 1. The van der Waals surface area contributed by atoms with Crippen LogP contribution in [0.3, 0.4) is 0 Å². The minimum Gasteiger partial charge on any atom is -0.302 e. The van der Waals surface area contributed by atoms with Crippen molar-refractivity contribution in [1.82, 2.24) is 27.9 Å². The van der Waals surface area contributed by atoms with Crippen molar-refractivity contribution >= 4 is 65.1 Å². The molecule has 0 unspecified atom stereocenters. The molecule has 0 radical (unpaired) electrons. The van der Waals surface area contributed by atoms with Gasteiger partial charge in [0.15, 0.2) is 0 Å². The van der Waals surface area contributed by atoms with Crippen LogP contribution in [-0.4, -0.2) is 67.7 Å². The maximum atomic E-state index is 12.9. The molecule has 0 fully saturated rings. The average molecular weight is 740 g/mol. The molecule has 0 aliphatic rings. The quantitative estimate of drug-likeness (QED) is 0.166. The Labute approximate surface area is 242 Å². The standard InChI is InChI=1S/C25H21ClN6O4S.Tl/c26-17-6-2-5-16(11-17)19-13-37-24-20(19)22(33)30-21(31-24)23(34)27-12-15-4-1-7-18(10-15)35-8-3-9-36-25-28-14-29-32-25;/h1-2,4-7,10-11,13-14H,3,8-9,12H2,(H3,27,28,29,30,31,32,33,34);/q;+1/p-1. The van der Waals surface area contributed by atoms with Crippen LogP contribution in [0.5, 0.6) is 11.8 Å². The molecule has 1 amide bonds. The van der Waals surface area contributed by atoms with E-state index in [2.05, 4.69) is 25.4 Å². The topological polar surface area (TPSA) is 124 Å². The Balaban J connectivity index is 1.17. The van der Waals surface area contributed by atoms with Gasteiger partial charge < -0.3 is 10.3 Å². The Hall–Kier alpha value is -3.30. The van der Waals surface area contributed by atoms with Crippen molar-refractivity contribution in [3.8, 4) is 22.9 Å². The van der Waals surface area contributed by atoms with Crippen molar-refractivity contribution in [2.45, 2.75) is 13.0 Å². The van der Waals surface area contributed by atoms with Crippen LogP contribution in [-0.2, 0) is 6.54 Å². The number of aromatic nitrogens is 5. The van der Waals surface area contributed by atoms with Crippen LogP contribution in [0.2, 0.25) is 5.02 Å². The molecule has 0 saturated carbocycles. The number of ether oxygens (including phenoxy) is 2. The van der Waals surface area contributed by atoms with Crippen molar-refractivity contribution in [2.24, 2.45) is 0 Å². The molecule has 10 nitrogen and oxygen atoms in total. The van der Waals surface area contributed by atoms with Gasteiger partial charge in [-0.3, -0.25) is 9.59 Å². The van der Waals surface area contributed by atoms with E-state index in [-0.39, 0.29) is 17.9 Å². The van der Waals surface area contributed by atoms with E-state index in [0.29, 0.717) is 72.7 Å². The molecule has 0 aliphatic heterocycles. The molecule has 0 atom stereocenters. The zero-order chi connectivity index (χ0) is 26.5. The summed E-state index contributed by atoms with van der Waals surface area (Å²) in [6.07, 6.45) is 2.32. The van der Waals surface area contributed by atoms with Crippen molar-refractivity contribution in [3.05, 3.63) is 87.0 Å². The predicted molar refractivity (Wildman–Crippen MR) is 145 cm³/mol. The summed E-state index contributed by atoms with van der Waals surface area (Å²) in [5, 5.41) is 9.78. The predicted octanol–water partition coefficient (Wildman–Crippen LogP) is 3.61. The number of H-pyrrole nitrogens is 1. The molecular weight excluding hydrogens is 720 g/mol. The second-order valence-corrected chi connectivity index (χ2v) is 11.5. The maximum Gasteiger partial charge on any atom is 0.260 e. The molecule has 2 N–H and O–H groups in total. The Morgan fingerprint density at radius 2 is 2.00 bits per heavy atom. The number of carbonyl (C=O) groups excluding carboxylic acids is 1. The van der Waals surface area contributed by atoms with Gasteiger partial charge in [0.1, 0.15) is 4.83 Å². The van der Waals surface area contributed by atoms with Crippen LogP contribution in [0.4, 0.5) is 0 Å². The molecule has 13 heteroatoms. The second-order valence-electron chi connectivity index (χ2n) is 8.14. The van der Waals surface area contributed by atoms with Gasteiger partial charge in [-0.15, -0.1) is 11.3 Å². The van der Waals surface area contributed by atoms with Crippen molar-refractivity contribution in [1.29, 1.82) is 0 Å². The first-order valence-electron chi connectivity index (χ1n) is 11.5. The molecule has 190 valence electrons. The summed E-state index contributed by atoms with van der Waals surface area (Å²) in [5.74, 6) is 0.163. The summed E-state index contributed by atoms with van der Waals surface area (Å²) in [5.41, 5.74) is 2.01. The second kappa shape index (κ2) is 12.0. The van der Waals surface area contributed by atoms with Crippen molar-refractivity contribution < 1.29 is 14.3 Å². The fourth-order valence-electron chi connectivity index (χ4n) is 3.67. The van der Waals surface area contributed by atoms with Gasteiger partial charge in [-0.1, -0.05) is 23.7 Å². The van der Waals surface area contributed by atoms with Crippen LogP contribution in [0.15, 0.2) is 65.0 Å². The smallest absolute Gasteiger partial charge is 0.260 e. The summed E-state index contributed by atoms with van der Waals surface area (Å²) in [6, 6.07) is 15.1. The molecule has 0 bridgehead atoms. The molecular formula is C25H20ClN6O4STl. The largest absolute Gasteiger partial charge is 0.302 e. The molecule has 5 rings (SSSR count). The number of rotatable bonds is 10. The number of aromatic amines is 1. The molecule has 38 heavy (non-hydrogen) atoms. The van der Waals surface area contributed by atoms with Gasteiger partial charge in [0.25, 0.3) is 11.5 Å². The fourth-order valence-corrected chi connectivity index (χ4v) is 5.46. The van der Waals surface area contributed by atoms with E-state index in [4.69, 9.17) is 21.1 Å². The minimum atomic E-state index is -0.475. The number of hydrogen-bond donors (Lipinski definition) is 2. The van der Waals surface area contributed by atoms with Gasteiger partial charge in [-0.25, -0.2) is 4.98 Å². The van der Waals surface area contributed by atoms with E-state index in [1.165, 1.54) is 11.3 Å². The maximum absolute atomic E-state index is 12.9. The molecule has 0 saturated heterocycles. The Kier molecular flexibility index (Phi) is 8.34. The normalized spacial score (nSPS) is 10.9. The van der Waals surface area contributed by atoms with Crippen LogP contribution < -0.4 is 20.3 Å².